The van der Waals surface area contributed by atoms with Crippen LogP contribution >= 0.6 is 23.1 Å². The summed E-state index contributed by atoms with van der Waals surface area (Å²) < 4.78 is 29.7. The molecule has 0 amide bonds. The van der Waals surface area contributed by atoms with E-state index in [9.17, 15) is 8.78 Å². The first-order valence-electron chi connectivity index (χ1n) is 5.25. The third kappa shape index (κ3) is 2.35. The number of anilines is 1. The van der Waals surface area contributed by atoms with E-state index in [4.69, 9.17) is 16.9 Å². The number of hydrogen-bond donors (Lipinski definition) is 0. The average molecular weight is 278 g/mol. The van der Waals surface area contributed by atoms with Crippen LogP contribution in [0, 0.1) is 11.3 Å². The standard InChI is InChI=1S/C10H10ClF2N3S/c11-8-6(5-14)10(17-15-8)16-4-2-1-3-7(16)9(12)13/h7,9H,1-4H2/t7-/m1/s1. The molecule has 0 spiro atoms. The fraction of sp³-hybridized carbons (Fsp3) is 0.600. The molecule has 2 rings (SSSR count). The van der Waals surface area contributed by atoms with E-state index in [1.165, 1.54) is 0 Å². The minimum absolute atomic E-state index is 0.103. The lowest BCUT2D eigenvalue weighted by atomic mass is 10.0. The molecule has 92 valence electrons. The number of rotatable bonds is 2. The number of nitrogens with zero attached hydrogens (tertiary/aromatic N) is 3. The first-order chi connectivity index (χ1) is 8.15. The summed E-state index contributed by atoms with van der Waals surface area (Å²) in [4.78, 5) is 1.58. The highest BCUT2D eigenvalue weighted by atomic mass is 35.5. The molecule has 0 radical (unpaired) electrons. The van der Waals surface area contributed by atoms with Gasteiger partial charge in [-0.05, 0) is 30.8 Å². The maximum Gasteiger partial charge on any atom is 0.258 e. The number of nitriles is 1. The van der Waals surface area contributed by atoms with Gasteiger partial charge in [-0.3, -0.25) is 0 Å². The van der Waals surface area contributed by atoms with Gasteiger partial charge < -0.3 is 4.90 Å². The van der Waals surface area contributed by atoms with Gasteiger partial charge in [0.1, 0.15) is 16.6 Å². The van der Waals surface area contributed by atoms with Crippen molar-refractivity contribution in [3.63, 3.8) is 0 Å². The number of halogens is 3. The fourth-order valence-electron chi connectivity index (χ4n) is 2.02. The molecule has 1 aromatic heterocycles. The number of aromatic nitrogens is 1. The molecule has 7 heteroatoms. The zero-order valence-corrected chi connectivity index (χ0v) is 10.4. The minimum Gasteiger partial charge on any atom is -0.352 e. The van der Waals surface area contributed by atoms with Gasteiger partial charge in [0.25, 0.3) is 6.43 Å². The number of alkyl halides is 2. The molecule has 1 atom stereocenters. The minimum atomic E-state index is -2.41. The Bertz CT molecular complexity index is 443. The Balaban J connectivity index is 2.33. The maximum atomic E-state index is 12.9. The van der Waals surface area contributed by atoms with Crippen LogP contribution in [-0.2, 0) is 0 Å². The highest BCUT2D eigenvalue weighted by molar-refractivity contribution is 7.10. The highest BCUT2D eigenvalue weighted by Crippen LogP contribution is 2.36. The van der Waals surface area contributed by atoms with E-state index in [1.54, 1.807) is 4.90 Å². The lowest BCUT2D eigenvalue weighted by Crippen LogP contribution is -2.44. The first kappa shape index (κ1) is 12.5. The number of hydrogen-bond acceptors (Lipinski definition) is 4. The summed E-state index contributed by atoms with van der Waals surface area (Å²) in [5.41, 5.74) is 0.212. The summed E-state index contributed by atoms with van der Waals surface area (Å²) in [6, 6.07) is 1.10. The van der Waals surface area contributed by atoms with E-state index in [-0.39, 0.29) is 10.7 Å². The van der Waals surface area contributed by atoms with Crippen LogP contribution in [0.5, 0.6) is 0 Å². The van der Waals surface area contributed by atoms with Crippen LogP contribution in [-0.4, -0.2) is 23.4 Å². The summed E-state index contributed by atoms with van der Waals surface area (Å²) in [6.07, 6.45) is -0.329. The molecule has 1 fully saturated rings. The Hall–Kier alpha value is -0.930. The summed E-state index contributed by atoms with van der Waals surface area (Å²) in [6.45, 7) is 0.530. The van der Waals surface area contributed by atoms with Crippen molar-refractivity contribution in [3.8, 4) is 6.07 Å². The predicted molar refractivity (Wildman–Crippen MR) is 62.8 cm³/mol. The molecule has 0 aromatic carbocycles. The van der Waals surface area contributed by atoms with Gasteiger partial charge in [0.15, 0.2) is 5.15 Å². The van der Waals surface area contributed by atoms with Gasteiger partial charge in [-0.25, -0.2) is 8.78 Å². The lowest BCUT2D eigenvalue weighted by molar-refractivity contribution is 0.100. The second kappa shape index (κ2) is 5.15. The van der Waals surface area contributed by atoms with Gasteiger partial charge in [-0.1, -0.05) is 11.6 Å². The molecular weight excluding hydrogens is 268 g/mol. The molecule has 0 unspecified atom stereocenters. The topological polar surface area (TPSA) is 39.9 Å². The Labute approximate surface area is 107 Å². The van der Waals surface area contributed by atoms with E-state index in [0.29, 0.717) is 18.0 Å². The largest absolute Gasteiger partial charge is 0.352 e. The van der Waals surface area contributed by atoms with Crippen LogP contribution in [0.15, 0.2) is 0 Å². The molecule has 2 heterocycles. The first-order valence-corrected chi connectivity index (χ1v) is 6.40. The Morgan fingerprint density at radius 1 is 1.53 bits per heavy atom. The second-order valence-corrected chi connectivity index (χ2v) is 4.97. The van der Waals surface area contributed by atoms with Gasteiger partial charge in [0, 0.05) is 6.54 Å². The van der Waals surface area contributed by atoms with Gasteiger partial charge in [-0.2, -0.15) is 9.64 Å². The Morgan fingerprint density at radius 2 is 2.29 bits per heavy atom. The van der Waals surface area contributed by atoms with Crippen LogP contribution in [0.1, 0.15) is 24.8 Å². The van der Waals surface area contributed by atoms with Crippen LogP contribution in [0.25, 0.3) is 0 Å². The molecular formula is C10H10ClF2N3S. The smallest absolute Gasteiger partial charge is 0.258 e. The normalized spacial score (nSPS) is 20.6. The van der Waals surface area contributed by atoms with Crippen molar-refractivity contribution in [2.75, 3.05) is 11.4 Å². The van der Waals surface area contributed by atoms with Gasteiger partial charge in [0.2, 0.25) is 0 Å². The number of piperidine rings is 1. The van der Waals surface area contributed by atoms with E-state index in [1.807, 2.05) is 6.07 Å². The Morgan fingerprint density at radius 3 is 2.94 bits per heavy atom. The third-order valence-corrected chi connectivity index (χ3v) is 4.10. The average Bonchev–Trinajstić information content (AvgIpc) is 2.70. The molecule has 1 aromatic rings. The van der Waals surface area contributed by atoms with Gasteiger partial charge in [-0.15, -0.1) is 0 Å². The predicted octanol–water partition coefficient (Wildman–Crippen LogP) is 3.29. The molecule has 1 aliphatic rings. The molecule has 0 N–H and O–H groups in total. The van der Waals surface area contributed by atoms with Crippen molar-refractivity contribution < 1.29 is 8.78 Å². The van der Waals surface area contributed by atoms with E-state index in [0.717, 1.165) is 24.4 Å². The lowest BCUT2D eigenvalue weighted by Gasteiger charge is -2.35. The zero-order chi connectivity index (χ0) is 12.4. The zero-order valence-electron chi connectivity index (χ0n) is 8.87. The maximum absolute atomic E-state index is 12.9. The van der Waals surface area contributed by atoms with Crippen molar-refractivity contribution in [1.29, 1.82) is 5.26 Å². The van der Waals surface area contributed by atoms with Crippen LogP contribution in [0.2, 0.25) is 5.15 Å². The molecule has 0 aliphatic carbocycles. The van der Waals surface area contributed by atoms with Crippen molar-refractivity contribution in [1.82, 2.24) is 4.37 Å². The van der Waals surface area contributed by atoms with Crippen molar-refractivity contribution >= 4 is 28.1 Å². The molecule has 0 saturated carbocycles. The van der Waals surface area contributed by atoms with Crippen LogP contribution in [0.4, 0.5) is 13.8 Å². The van der Waals surface area contributed by atoms with Gasteiger partial charge >= 0.3 is 0 Å². The van der Waals surface area contributed by atoms with E-state index < -0.39 is 12.5 Å². The van der Waals surface area contributed by atoms with Crippen LogP contribution in [0.3, 0.4) is 0 Å². The molecule has 17 heavy (non-hydrogen) atoms. The SMILES string of the molecule is N#Cc1c(Cl)nsc1N1CCCC[C@@H]1C(F)F. The summed E-state index contributed by atoms with van der Waals surface area (Å²) >= 11 is 6.77. The van der Waals surface area contributed by atoms with E-state index >= 15 is 0 Å². The second-order valence-electron chi connectivity index (χ2n) is 3.86. The molecule has 1 saturated heterocycles. The quantitative estimate of drug-likeness (QED) is 0.833. The van der Waals surface area contributed by atoms with Crippen LogP contribution < -0.4 is 4.90 Å². The summed E-state index contributed by atoms with van der Waals surface area (Å²) in [5, 5.41) is 9.54. The summed E-state index contributed by atoms with van der Waals surface area (Å²) in [7, 11) is 0. The molecule has 0 bridgehead atoms. The van der Waals surface area contributed by atoms with Crippen molar-refractivity contribution in [2.24, 2.45) is 0 Å². The third-order valence-electron chi connectivity index (χ3n) is 2.85. The molecule has 3 nitrogen and oxygen atoms in total. The monoisotopic (exact) mass is 277 g/mol. The van der Waals surface area contributed by atoms with Gasteiger partial charge in [0.05, 0.1) is 6.04 Å². The summed E-state index contributed by atoms with van der Waals surface area (Å²) in [5.74, 6) is 0. The fourth-order valence-corrected chi connectivity index (χ4v) is 3.14. The Kier molecular flexibility index (Phi) is 3.79. The molecule has 1 aliphatic heterocycles. The highest BCUT2D eigenvalue weighted by Gasteiger charge is 2.33. The van der Waals surface area contributed by atoms with Crippen molar-refractivity contribution in [3.05, 3.63) is 10.7 Å². The van der Waals surface area contributed by atoms with E-state index in [2.05, 4.69) is 4.37 Å². The van der Waals surface area contributed by atoms with Crippen molar-refractivity contribution in [2.45, 2.75) is 31.7 Å².